The van der Waals surface area contributed by atoms with Crippen molar-refractivity contribution in [3.05, 3.63) is 35.0 Å². The lowest BCUT2D eigenvalue weighted by Crippen LogP contribution is -2.48. The summed E-state index contributed by atoms with van der Waals surface area (Å²) >= 11 is 6.00. The third-order valence-corrected chi connectivity index (χ3v) is 4.54. The lowest BCUT2D eigenvalue weighted by molar-refractivity contribution is 0.0631. The van der Waals surface area contributed by atoms with E-state index in [1.54, 1.807) is 0 Å². The Bertz CT molecular complexity index is 659. The Hall–Kier alpha value is -1.52. The summed E-state index contributed by atoms with van der Waals surface area (Å²) in [5.41, 5.74) is 1.61. The smallest absolute Gasteiger partial charge is 0.270 e. The van der Waals surface area contributed by atoms with Crippen LogP contribution in [-0.4, -0.2) is 53.4 Å². The summed E-state index contributed by atoms with van der Waals surface area (Å²) in [5.74, 6) is 0.0856. The molecular weight excluding hydrogens is 298 g/mol. The van der Waals surface area contributed by atoms with Crippen LogP contribution in [0.3, 0.4) is 0 Å². The average molecular weight is 320 g/mol. The number of fused-ring (bicyclic) bond motifs is 1. The fourth-order valence-corrected chi connectivity index (χ4v) is 3.13. The maximum absolute atomic E-state index is 12.6. The summed E-state index contributed by atoms with van der Waals surface area (Å²) < 4.78 is 0. The summed E-state index contributed by atoms with van der Waals surface area (Å²) in [6.45, 7) is 6.90. The summed E-state index contributed by atoms with van der Waals surface area (Å²) in [7, 11) is 0. The van der Waals surface area contributed by atoms with Crippen LogP contribution in [0.2, 0.25) is 5.02 Å². The molecule has 0 saturated carbocycles. The van der Waals surface area contributed by atoms with E-state index in [-0.39, 0.29) is 5.91 Å². The molecule has 1 N–H and O–H groups in total. The maximum atomic E-state index is 12.6. The van der Waals surface area contributed by atoms with E-state index in [9.17, 15) is 4.79 Å². The van der Waals surface area contributed by atoms with E-state index in [2.05, 4.69) is 16.8 Å². The number of unbranched alkanes of at least 4 members (excludes halogenated alkanes) is 1. The van der Waals surface area contributed by atoms with Crippen molar-refractivity contribution >= 4 is 28.4 Å². The van der Waals surface area contributed by atoms with Crippen molar-refractivity contribution in [3.8, 4) is 0 Å². The molecule has 3 rings (SSSR count). The maximum Gasteiger partial charge on any atom is 0.270 e. The van der Waals surface area contributed by atoms with Gasteiger partial charge in [0.25, 0.3) is 5.91 Å². The van der Waals surface area contributed by atoms with Gasteiger partial charge >= 0.3 is 0 Å². The molecule has 1 fully saturated rings. The van der Waals surface area contributed by atoms with Crippen LogP contribution in [0.1, 0.15) is 30.3 Å². The van der Waals surface area contributed by atoms with E-state index in [0.29, 0.717) is 10.7 Å². The molecule has 4 nitrogen and oxygen atoms in total. The van der Waals surface area contributed by atoms with Crippen LogP contribution in [0.15, 0.2) is 24.3 Å². The molecule has 2 aromatic rings. The van der Waals surface area contributed by atoms with E-state index >= 15 is 0 Å². The minimum Gasteiger partial charge on any atom is -0.351 e. The highest BCUT2D eigenvalue weighted by molar-refractivity contribution is 6.31. The molecule has 0 bridgehead atoms. The number of aromatic nitrogens is 1. The fraction of sp³-hybridized carbons (Fsp3) is 0.471. The minimum atomic E-state index is 0.0856. The quantitative estimate of drug-likeness (QED) is 0.938. The van der Waals surface area contributed by atoms with Gasteiger partial charge in [-0.2, -0.15) is 0 Å². The van der Waals surface area contributed by atoms with Gasteiger partial charge in [0.15, 0.2) is 0 Å². The third kappa shape index (κ3) is 3.28. The average Bonchev–Trinajstić information content (AvgIpc) is 2.95. The highest BCUT2D eigenvalue weighted by atomic mass is 35.5. The molecule has 1 aliphatic heterocycles. The summed E-state index contributed by atoms with van der Waals surface area (Å²) in [5, 5.41) is 1.67. The third-order valence-electron chi connectivity index (χ3n) is 4.30. The van der Waals surface area contributed by atoms with E-state index < -0.39 is 0 Å². The normalized spacial score (nSPS) is 16.4. The van der Waals surface area contributed by atoms with Crippen LogP contribution >= 0.6 is 11.6 Å². The van der Waals surface area contributed by atoms with E-state index in [0.717, 1.165) is 43.6 Å². The van der Waals surface area contributed by atoms with Crippen LogP contribution in [0.25, 0.3) is 10.9 Å². The van der Waals surface area contributed by atoms with Gasteiger partial charge in [-0.05, 0) is 37.2 Å². The first kappa shape index (κ1) is 15.4. The predicted molar refractivity (Wildman–Crippen MR) is 90.6 cm³/mol. The molecule has 118 valence electrons. The fourth-order valence-electron chi connectivity index (χ4n) is 2.95. The number of piperazine rings is 1. The molecule has 1 aromatic heterocycles. The predicted octanol–water partition coefficient (Wildman–Crippen LogP) is 3.38. The molecule has 1 aliphatic rings. The number of hydrogen-bond acceptors (Lipinski definition) is 2. The molecule has 1 amide bonds. The van der Waals surface area contributed by atoms with Gasteiger partial charge in [-0.1, -0.05) is 24.9 Å². The van der Waals surface area contributed by atoms with E-state index in [1.165, 1.54) is 12.8 Å². The molecule has 2 heterocycles. The number of amides is 1. The van der Waals surface area contributed by atoms with Gasteiger partial charge in [-0.15, -0.1) is 0 Å². The van der Waals surface area contributed by atoms with Crippen molar-refractivity contribution in [3.63, 3.8) is 0 Å². The topological polar surface area (TPSA) is 39.3 Å². The summed E-state index contributed by atoms with van der Waals surface area (Å²) in [6.07, 6.45) is 2.45. The Morgan fingerprint density at radius 1 is 1.23 bits per heavy atom. The lowest BCUT2D eigenvalue weighted by atomic mass is 10.2. The van der Waals surface area contributed by atoms with Crippen LogP contribution < -0.4 is 0 Å². The Morgan fingerprint density at radius 3 is 2.73 bits per heavy atom. The molecule has 1 aromatic carbocycles. The van der Waals surface area contributed by atoms with Crippen molar-refractivity contribution in [1.29, 1.82) is 0 Å². The first-order valence-corrected chi connectivity index (χ1v) is 8.35. The highest BCUT2D eigenvalue weighted by Gasteiger charge is 2.22. The Labute approximate surface area is 136 Å². The van der Waals surface area contributed by atoms with Gasteiger partial charge in [0, 0.05) is 42.1 Å². The van der Waals surface area contributed by atoms with Crippen molar-refractivity contribution in [2.75, 3.05) is 32.7 Å². The van der Waals surface area contributed by atoms with Crippen LogP contribution in [0.5, 0.6) is 0 Å². The second kappa shape index (κ2) is 6.71. The van der Waals surface area contributed by atoms with Crippen molar-refractivity contribution in [2.24, 2.45) is 0 Å². The van der Waals surface area contributed by atoms with Crippen LogP contribution in [-0.2, 0) is 0 Å². The summed E-state index contributed by atoms with van der Waals surface area (Å²) in [6, 6.07) is 7.53. The first-order valence-electron chi connectivity index (χ1n) is 7.97. The molecular formula is C17H22ClN3O. The number of nitrogens with zero attached hydrogens (tertiary/aromatic N) is 2. The zero-order chi connectivity index (χ0) is 15.5. The molecule has 22 heavy (non-hydrogen) atoms. The first-order chi connectivity index (χ1) is 10.7. The Balaban J connectivity index is 1.66. The second-order valence-electron chi connectivity index (χ2n) is 5.90. The molecule has 0 aliphatic carbocycles. The number of carbonyl (C=O) groups is 1. The Kier molecular flexibility index (Phi) is 4.69. The van der Waals surface area contributed by atoms with Crippen molar-refractivity contribution < 1.29 is 4.79 Å². The summed E-state index contributed by atoms with van der Waals surface area (Å²) in [4.78, 5) is 20.2. The molecule has 1 saturated heterocycles. The van der Waals surface area contributed by atoms with Gasteiger partial charge in [0.05, 0.1) is 0 Å². The second-order valence-corrected chi connectivity index (χ2v) is 6.34. The Morgan fingerprint density at radius 2 is 2.00 bits per heavy atom. The molecule has 0 spiro atoms. The number of H-pyrrole nitrogens is 1. The lowest BCUT2D eigenvalue weighted by Gasteiger charge is -2.34. The van der Waals surface area contributed by atoms with Crippen LogP contribution in [0, 0.1) is 0 Å². The highest BCUT2D eigenvalue weighted by Crippen LogP contribution is 2.21. The number of hydrogen-bond donors (Lipinski definition) is 1. The molecule has 5 heteroatoms. The number of carbonyl (C=O) groups excluding carboxylic acids is 1. The van der Waals surface area contributed by atoms with Crippen molar-refractivity contribution in [1.82, 2.24) is 14.8 Å². The van der Waals surface area contributed by atoms with Gasteiger partial charge in [-0.25, -0.2) is 0 Å². The minimum absolute atomic E-state index is 0.0856. The van der Waals surface area contributed by atoms with Gasteiger partial charge in [-0.3, -0.25) is 9.69 Å². The number of aromatic amines is 1. The SMILES string of the molecule is CCCCN1CCN(C(=O)c2cc3cc(Cl)ccc3[nH]2)CC1. The molecule has 0 unspecified atom stereocenters. The number of halogens is 1. The molecule has 0 radical (unpaired) electrons. The van der Waals surface area contributed by atoms with E-state index in [1.807, 2.05) is 29.2 Å². The standard InChI is InChI=1S/C17H22ClN3O/c1-2-3-6-20-7-9-21(10-8-20)17(22)16-12-13-11-14(18)4-5-15(13)19-16/h4-5,11-12,19H,2-3,6-10H2,1H3. The number of nitrogens with one attached hydrogen (secondary N) is 1. The number of rotatable bonds is 4. The largest absolute Gasteiger partial charge is 0.351 e. The molecule has 0 atom stereocenters. The zero-order valence-corrected chi connectivity index (χ0v) is 13.7. The number of benzene rings is 1. The zero-order valence-electron chi connectivity index (χ0n) is 12.9. The van der Waals surface area contributed by atoms with Gasteiger partial charge in [0.1, 0.15) is 5.69 Å². The van der Waals surface area contributed by atoms with Crippen LogP contribution in [0.4, 0.5) is 0 Å². The van der Waals surface area contributed by atoms with Gasteiger partial charge in [0.2, 0.25) is 0 Å². The monoisotopic (exact) mass is 319 g/mol. The van der Waals surface area contributed by atoms with E-state index in [4.69, 9.17) is 11.6 Å². The van der Waals surface area contributed by atoms with Crippen molar-refractivity contribution in [2.45, 2.75) is 19.8 Å². The van der Waals surface area contributed by atoms with Gasteiger partial charge < -0.3 is 9.88 Å².